The second kappa shape index (κ2) is 2.30. The van der Waals surface area contributed by atoms with Crippen LogP contribution in [0.4, 0.5) is 0 Å². The van der Waals surface area contributed by atoms with Gasteiger partial charge in [0, 0.05) is 0 Å². The summed E-state index contributed by atoms with van der Waals surface area (Å²) < 4.78 is 5.69. The maximum absolute atomic E-state index is 11.0. The zero-order chi connectivity index (χ0) is 7.84. The molecule has 0 saturated carbocycles. The Bertz CT molecular complexity index is 324. The quantitative estimate of drug-likeness (QED) is 0.613. The van der Waals surface area contributed by atoms with Crippen LogP contribution in [0.15, 0.2) is 16.9 Å². The lowest BCUT2D eigenvalue weighted by molar-refractivity contribution is 0.0961. The van der Waals surface area contributed by atoms with Gasteiger partial charge in [-0.3, -0.25) is 4.79 Å². The predicted octanol–water partition coefficient (Wildman–Crippen LogP) is 1.42. The van der Waals surface area contributed by atoms with Crippen LogP contribution in [0.2, 0.25) is 0 Å². The molecule has 0 aromatic carbocycles. The van der Waals surface area contributed by atoms with Crippen molar-refractivity contribution in [2.45, 2.75) is 0 Å². The van der Waals surface area contributed by atoms with Gasteiger partial charge in [0.05, 0.1) is 11.8 Å². The van der Waals surface area contributed by atoms with E-state index in [0.29, 0.717) is 15.9 Å². The Morgan fingerprint density at radius 2 is 2.45 bits per heavy atom. The summed E-state index contributed by atoms with van der Waals surface area (Å²) in [6.45, 7) is 0.146. The van der Waals surface area contributed by atoms with E-state index in [1.807, 2.05) is 0 Å². The van der Waals surface area contributed by atoms with Crippen LogP contribution in [0.1, 0.15) is 10.4 Å². The molecule has 0 spiro atoms. The van der Waals surface area contributed by atoms with Crippen molar-refractivity contribution in [3.8, 4) is 5.75 Å². The molecule has 0 unspecified atom stereocenters. The van der Waals surface area contributed by atoms with E-state index in [0.717, 1.165) is 0 Å². The highest BCUT2D eigenvalue weighted by Crippen LogP contribution is 2.25. The van der Waals surface area contributed by atoms with E-state index >= 15 is 0 Å². The Morgan fingerprint density at radius 1 is 1.64 bits per heavy atom. The molecule has 0 aliphatic carbocycles. The molecule has 1 aliphatic rings. The van der Waals surface area contributed by atoms with E-state index in [4.69, 9.17) is 4.74 Å². The van der Waals surface area contributed by atoms with Gasteiger partial charge < -0.3 is 4.74 Å². The van der Waals surface area contributed by atoms with E-state index in [2.05, 4.69) is 20.9 Å². The number of aromatic nitrogens is 1. The molecule has 0 radical (unpaired) electrons. The number of carbonyl (C=O) groups is 1. The zero-order valence-electron chi connectivity index (χ0n) is 5.50. The third-order valence-electron chi connectivity index (χ3n) is 1.49. The number of rotatable bonds is 0. The molecule has 0 N–H and O–H groups in total. The lowest BCUT2D eigenvalue weighted by Gasteiger charge is -1.94. The number of ketones is 1. The van der Waals surface area contributed by atoms with Gasteiger partial charge in [0.15, 0.2) is 6.61 Å². The van der Waals surface area contributed by atoms with Crippen LogP contribution < -0.4 is 4.74 Å². The SMILES string of the molecule is O=C1COc2cnc(Br)cc21. The molecule has 2 rings (SSSR count). The second-order valence-corrected chi connectivity index (χ2v) is 3.03. The van der Waals surface area contributed by atoms with Crippen molar-refractivity contribution < 1.29 is 9.53 Å². The number of nitrogens with zero attached hydrogens (tertiary/aromatic N) is 1. The fourth-order valence-electron chi connectivity index (χ4n) is 0.971. The second-order valence-electron chi connectivity index (χ2n) is 2.22. The van der Waals surface area contributed by atoms with Gasteiger partial charge in [0.2, 0.25) is 5.78 Å². The minimum atomic E-state index is 0.0168. The highest BCUT2D eigenvalue weighted by atomic mass is 79.9. The minimum absolute atomic E-state index is 0.0168. The Morgan fingerprint density at radius 3 is 3.27 bits per heavy atom. The van der Waals surface area contributed by atoms with Gasteiger partial charge in [-0.15, -0.1) is 0 Å². The van der Waals surface area contributed by atoms with Gasteiger partial charge in [-0.05, 0) is 22.0 Å². The normalized spacial score (nSPS) is 14.5. The van der Waals surface area contributed by atoms with E-state index < -0.39 is 0 Å². The van der Waals surface area contributed by atoms with Gasteiger partial charge in [-0.25, -0.2) is 4.98 Å². The molecule has 1 aliphatic heterocycles. The first kappa shape index (κ1) is 6.79. The van der Waals surface area contributed by atoms with Crippen LogP contribution in [0.5, 0.6) is 5.75 Å². The van der Waals surface area contributed by atoms with Crippen LogP contribution in [0.25, 0.3) is 0 Å². The summed E-state index contributed by atoms with van der Waals surface area (Å²) in [6.07, 6.45) is 1.55. The number of ether oxygens (including phenoxy) is 1. The largest absolute Gasteiger partial charge is 0.483 e. The highest BCUT2D eigenvalue weighted by molar-refractivity contribution is 9.10. The third-order valence-corrected chi connectivity index (χ3v) is 1.93. The standard InChI is InChI=1S/C7H4BrNO2/c8-7-1-4-5(10)3-11-6(4)2-9-7/h1-2H,3H2. The zero-order valence-corrected chi connectivity index (χ0v) is 7.09. The Labute approximate surface area is 71.5 Å². The number of hydrogen-bond donors (Lipinski definition) is 0. The molecule has 0 bridgehead atoms. The highest BCUT2D eigenvalue weighted by Gasteiger charge is 2.21. The summed E-state index contributed by atoms with van der Waals surface area (Å²) in [4.78, 5) is 15.0. The van der Waals surface area contributed by atoms with Gasteiger partial charge in [0.25, 0.3) is 0 Å². The summed E-state index contributed by atoms with van der Waals surface area (Å²) in [7, 11) is 0. The molecule has 3 nitrogen and oxygen atoms in total. The summed E-state index contributed by atoms with van der Waals surface area (Å²) in [5, 5.41) is 0. The first-order valence-corrected chi connectivity index (χ1v) is 3.88. The molecule has 1 aromatic heterocycles. The van der Waals surface area contributed by atoms with E-state index in [1.165, 1.54) is 0 Å². The Hall–Kier alpha value is -0.900. The average Bonchev–Trinajstić information content (AvgIpc) is 2.33. The average molecular weight is 214 g/mol. The van der Waals surface area contributed by atoms with E-state index in [1.54, 1.807) is 12.3 Å². The van der Waals surface area contributed by atoms with Crippen molar-refractivity contribution in [1.82, 2.24) is 4.98 Å². The Kier molecular flexibility index (Phi) is 1.42. The fourth-order valence-corrected chi connectivity index (χ4v) is 1.30. The maximum Gasteiger partial charge on any atom is 0.204 e. The van der Waals surface area contributed by atoms with Gasteiger partial charge in [-0.2, -0.15) is 0 Å². The predicted molar refractivity (Wildman–Crippen MR) is 41.8 cm³/mol. The summed E-state index contributed by atoms with van der Waals surface area (Å²) >= 11 is 3.17. The first-order chi connectivity index (χ1) is 5.27. The molecule has 2 heterocycles. The smallest absolute Gasteiger partial charge is 0.204 e. The number of Topliss-reactive ketones (excluding diaryl/α,β-unsaturated/α-hetero) is 1. The fraction of sp³-hybridized carbons (Fsp3) is 0.143. The van der Waals surface area contributed by atoms with Gasteiger partial charge in [0.1, 0.15) is 10.4 Å². The molecular weight excluding hydrogens is 210 g/mol. The van der Waals surface area contributed by atoms with Crippen molar-refractivity contribution in [2.24, 2.45) is 0 Å². The number of pyridine rings is 1. The van der Waals surface area contributed by atoms with Gasteiger partial charge in [-0.1, -0.05) is 0 Å². The number of hydrogen-bond acceptors (Lipinski definition) is 3. The van der Waals surface area contributed by atoms with Crippen LogP contribution >= 0.6 is 15.9 Å². The van der Waals surface area contributed by atoms with E-state index in [-0.39, 0.29) is 12.4 Å². The minimum Gasteiger partial charge on any atom is -0.483 e. The topological polar surface area (TPSA) is 39.2 Å². The molecule has 11 heavy (non-hydrogen) atoms. The lowest BCUT2D eigenvalue weighted by Crippen LogP contribution is -1.98. The van der Waals surface area contributed by atoms with Crippen LogP contribution in [0, 0.1) is 0 Å². The molecule has 56 valence electrons. The summed E-state index contributed by atoms with van der Waals surface area (Å²) in [5.41, 5.74) is 0.617. The first-order valence-electron chi connectivity index (χ1n) is 3.09. The van der Waals surface area contributed by atoms with Crippen molar-refractivity contribution in [1.29, 1.82) is 0 Å². The molecule has 0 amide bonds. The van der Waals surface area contributed by atoms with Crippen LogP contribution in [0.3, 0.4) is 0 Å². The van der Waals surface area contributed by atoms with Crippen molar-refractivity contribution in [2.75, 3.05) is 6.61 Å². The lowest BCUT2D eigenvalue weighted by atomic mass is 10.2. The van der Waals surface area contributed by atoms with Crippen molar-refractivity contribution in [3.63, 3.8) is 0 Å². The number of carbonyl (C=O) groups excluding carboxylic acids is 1. The molecular formula is C7H4BrNO2. The van der Waals surface area contributed by atoms with Crippen molar-refractivity contribution >= 4 is 21.7 Å². The monoisotopic (exact) mass is 213 g/mol. The number of fused-ring (bicyclic) bond motifs is 1. The van der Waals surface area contributed by atoms with E-state index in [9.17, 15) is 4.79 Å². The molecule has 1 aromatic rings. The Balaban J connectivity index is 2.60. The third kappa shape index (κ3) is 1.03. The van der Waals surface area contributed by atoms with Crippen molar-refractivity contribution in [3.05, 3.63) is 22.4 Å². The molecule has 0 atom stereocenters. The molecule has 4 heteroatoms. The molecule has 0 saturated heterocycles. The summed E-state index contributed by atoms with van der Waals surface area (Å²) in [5.74, 6) is 0.598. The van der Waals surface area contributed by atoms with Crippen LogP contribution in [-0.4, -0.2) is 17.4 Å². The molecule has 0 fully saturated rings. The maximum atomic E-state index is 11.0. The van der Waals surface area contributed by atoms with Gasteiger partial charge >= 0.3 is 0 Å². The van der Waals surface area contributed by atoms with Crippen LogP contribution in [-0.2, 0) is 0 Å². The number of halogens is 1. The summed E-state index contributed by atoms with van der Waals surface area (Å²) in [6, 6.07) is 1.67.